The Morgan fingerprint density at radius 3 is 2.11 bits per heavy atom. The van der Waals surface area contributed by atoms with Crippen molar-refractivity contribution in [1.82, 2.24) is 0 Å². The van der Waals surface area contributed by atoms with Crippen LogP contribution in [-0.4, -0.2) is 25.4 Å². The molecule has 1 heterocycles. The van der Waals surface area contributed by atoms with E-state index in [1.54, 1.807) is 6.92 Å². The molecule has 0 radical (unpaired) electrons. The first-order valence-corrected chi connectivity index (χ1v) is 2.71. The Kier molecular flexibility index (Phi) is 1.68. The topological polar surface area (TPSA) is 18.5 Å². The lowest BCUT2D eigenvalue weighted by Crippen LogP contribution is -2.39. The molecule has 1 rings (SSSR count). The normalized spacial score (nSPS) is 28.3. The van der Waals surface area contributed by atoms with Crippen molar-refractivity contribution >= 4 is 0 Å². The van der Waals surface area contributed by atoms with E-state index in [1.165, 1.54) is 0 Å². The summed E-state index contributed by atoms with van der Waals surface area (Å²) in [5.41, 5.74) is 0. The average molecular weight is 138 g/mol. The molecule has 0 unspecified atom stereocenters. The maximum Gasteiger partial charge on any atom is 0.293 e. The number of rotatable bonds is 0. The molecule has 0 spiro atoms. The van der Waals surface area contributed by atoms with E-state index in [1.807, 2.05) is 0 Å². The largest absolute Gasteiger partial charge is 0.347 e. The van der Waals surface area contributed by atoms with Crippen molar-refractivity contribution in [1.29, 1.82) is 0 Å². The van der Waals surface area contributed by atoms with Crippen LogP contribution in [0.2, 0.25) is 0 Å². The van der Waals surface area contributed by atoms with Crippen LogP contribution in [-0.2, 0) is 9.47 Å². The molecule has 2 nitrogen and oxygen atoms in total. The predicted octanol–water partition coefficient (Wildman–Crippen LogP) is 1.01. The number of halogens is 2. The van der Waals surface area contributed by atoms with Crippen molar-refractivity contribution in [2.24, 2.45) is 0 Å². The van der Waals surface area contributed by atoms with E-state index in [2.05, 4.69) is 9.47 Å². The standard InChI is InChI=1S/C5H8F2O2/c1-4-8-2-5(6,7)3-9-4/h4H,2-3H2,1H3. The summed E-state index contributed by atoms with van der Waals surface area (Å²) in [7, 11) is 0. The van der Waals surface area contributed by atoms with E-state index in [-0.39, 0.29) is 0 Å². The zero-order valence-electron chi connectivity index (χ0n) is 5.06. The number of ether oxygens (including phenoxy) is 2. The van der Waals surface area contributed by atoms with E-state index < -0.39 is 25.4 Å². The van der Waals surface area contributed by atoms with Gasteiger partial charge in [-0.2, -0.15) is 0 Å². The Labute approximate surface area is 51.8 Å². The second-order valence-corrected chi connectivity index (χ2v) is 2.05. The lowest BCUT2D eigenvalue weighted by Gasteiger charge is -2.26. The molecule has 0 bridgehead atoms. The molecule has 0 aromatic carbocycles. The van der Waals surface area contributed by atoms with Gasteiger partial charge in [0, 0.05) is 0 Å². The third-order valence-corrected chi connectivity index (χ3v) is 1.06. The summed E-state index contributed by atoms with van der Waals surface area (Å²) in [6, 6.07) is 0. The van der Waals surface area contributed by atoms with Crippen LogP contribution in [0.1, 0.15) is 6.92 Å². The van der Waals surface area contributed by atoms with Crippen LogP contribution in [0.25, 0.3) is 0 Å². The quantitative estimate of drug-likeness (QED) is 0.497. The Bertz CT molecular complexity index is 95.1. The fraction of sp³-hybridized carbons (Fsp3) is 1.00. The van der Waals surface area contributed by atoms with Gasteiger partial charge in [0.05, 0.1) is 0 Å². The Hall–Kier alpha value is -0.220. The van der Waals surface area contributed by atoms with Crippen molar-refractivity contribution in [3.05, 3.63) is 0 Å². The summed E-state index contributed by atoms with van der Waals surface area (Å²) in [5.74, 6) is -2.79. The van der Waals surface area contributed by atoms with Gasteiger partial charge in [-0.15, -0.1) is 0 Å². The van der Waals surface area contributed by atoms with Gasteiger partial charge in [-0.05, 0) is 6.92 Å². The smallest absolute Gasteiger partial charge is 0.293 e. The predicted molar refractivity (Wildman–Crippen MR) is 26.3 cm³/mol. The molecule has 0 amide bonds. The van der Waals surface area contributed by atoms with Crippen molar-refractivity contribution in [2.45, 2.75) is 19.1 Å². The summed E-state index contributed by atoms with van der Waals surface area (Å²) in [6.45, 7) is 0.553. The fourth-order valence-corrected chi connectivity index (χ4v) is 0.568. The minimum atomic E-state index is -2.79. The number of alkyl halides is 2. The maximum atomic E-state index is 12.1. The molecule has 1 aliphatic heterocycles. The molecule has 0 aromatic heterocycles. The monoisotopic (exact) mass is 138 g/mol. The van der Waals surface area contributed by atoms with Crippen LogP contribution in [0.3, 0.4) is 0 Å². The molecular formula is C5H8F2O2. The Morgan fingerprint density at radius 2 is 1.78 bits per heavy atom. The highest BCUT2D eigenvalue weighted by Gasteiger charge is 2.35. The van der Waals surface area contributed by atoms with Gasteiger partial charge in [-0.3, -0.25) is 0 Å². The SMILES string of the molecule is CC1OCC(F)(F)CO1. The minimum absolute atomic E-state index is 0.482. The van der Waals surface area contributed by atoms with Gasteiger partial charge < -0.3 is 9.47 Å². The van der Waals surface area contributed by atoms with Gasteiger partial charge in [0.1, 0.15) is 13.2 Å². The van der Waals surface area contributed by atoms with Crippen LogP contribution in [0.15, 0.2) is 0 Å². The number of hydrogen-bond donors (Lipinski definition) is 0. The highest BCUT2D eigenvalue weighted by atomic mass is 19.3. The van der Waals surface area contributed by atoms with Gasteiger partial charge >= 0.3 is 0 Å². The van der Waals surface area contributed by atoms with Crippen molar-refractivity contribution in [3.8, 4) is 0 Å². The Morgan fingerprint density at radius 1 is 1.33 bits per heavy atom. The molecule has 0 saturated carbocycles. The zero-order chi connectivity index (χ0) is 6.91. The van der Waals surface area contributed by atoms with E-state index >= 15 is 0 Å². The molecule has 1 fully saturated rings. The van der Waals surface area contributed by atoms with Crippen LogP contribution < -0.4 is 0 Å². The fourth-order valence-electron chi connectivity index (χ4n) is 0.568. The number of hydrogen-bond acceptors (Lipinski definition) is 2. The van der Waals surface area contributed by atoms with E-state index in [9.17, 15) is 8.78 Å². The molecule has 0 aliphatic carbocycles. The van der Waals surface area contributed by atoms with Crippen molar-refractivity contribution in [2.75, 3.05) is 13.2 Å². The summed E-state index contributed by atoms with van der Waals surface area (Å²) in [6.07, 6.45) is -0.482. The van der Waals surface area contributed by atoms with Gasteiger partial charge in [0.2, 0.25) is 0 Å². The summed E-state index contributed by atoms with van der Waals surface area (Å²) in [4.78, 5) is 0. The lowest BCUT2D eigenvalue weighted by atomic mass is 10.3. The average Bonchev–Trinajstić information content (AvgIpc) is 1.78. The van der Waals surface area contributed by atoms with Crippen molar-refractivity contribution < 1.29 is 18.3 Å². The van der Waals surface area contributed by atoms with Gasteiger partial charge in [-0.25, -0.2) is 8.78 Å². The third kappa shape index (κ3) is 1.87. The summed E-state index contributed by atoms with van der Waals surface area (Å²) >= 11 is 0. The van der Waals surface area contributed by atoms with E-state index in [4.69, 9.17) is 0 Å². The molecule has 54 valence electrons. The molecule has 1 saturated heterocycles. The van der Waals surface area contributed by atoms with Crippen LogP contribution in [0.5, 0.6) is 0 Å². The van der Waals surface area contributed by atoms with Crippen LogP contribution in [0, 0.1) is 0 Å². The van der Waals surface area contributed by atoms with Crippen LogP contribution in [0.4, 0.5) is 8.78 Å². The minimum Gasteiger partial charge on any atom is -0.347 e. The lowest BCUT2D eigenvalue weighted by molar-refractivity contribution is -0.260. The summed E-state index contributed by atoms with van der Waals surface area (Å²) in [5, 5.41) is 0. The van der Waals surface area contributed by atoms with Crippen molar-refractivity contribution in [3.63, 3.8) is 0 Å². The first-order valence-electron chi connectivity index (χ1n) is 2.71. The second kappa shape index (κ2) is 2.19. The summed E-state index contributed by atoms with van der Waals surface area (Å²) < 4.78 is 33.3. The van der Waals surface area contributed by atoms with Crippen LogP contribution >= 0.6 is 0 Å². The van der Waals surface area contributed by atoms with Gasteiger partial charge in [0.25, 0.3) is 5.92 Å². The third-order valence-electron chi connectivity index (χ3n) is 1.06. The highest BCUT2D eigenvalue weighted by Crippen LogP contribution is 2.20. The van der Waals surface area contributed by atoms with Gasteiger partial charge in [-0.1, -0.05) is 0 Å². The van der Waals surface area contributed by atoms with E-state index in [0.717, 1.165) is 0 Å². The molecule has 9 heavy (non-hydrogen) atoms. The maximum absolute atomic E-state index is 12.1. The van der Waals surface area contributed by atoms with E-state index in [0.29, 0.717) is 0 Å². The molecule has 4 heteroatoms. The zero-order valence-corrected chi connectivity index (χ0v) is 5.06. The molecule has 1 aliphatic rings. The molecule has 0 aromatic rings. The second-order valence-electron chi connectivity index (χ2n) is 2.05. The Balaban J connectivity index is 2.35. The van der Waals surface area contributed by atoms with Gasteiger partial charge in [0.15, 0.2) is 6.29 Å². The molecule has 0 N–H and O–H groups in total. The molecular weight excluding hydrogens is 130 g/mol. The first kappa shape index (κ1) is 6.89. The highest BCUT2D eigenvalue weighted by molar-refractivity contribution is 4.67. The molecule has 0 atom stereocenters. The first-order chi connectivity index (χ1) is 4.10.